The van der Waals surface area contributed by atoms with Gasteiger partial charge in [0.25, 0.3) is 11.5 Å². The number of rotatable bonds is 4. The molecule has 29 heavy (non-hydrogen) atoms. The zero-order chi connectivity index (χ0) is 20.4. The monoisotopic (exact) mass is 390 g/mol. The number of carbonyl (C=O) groups excluding carboxylic acids is 1. The van der Waals surface area contributed by atoms with Gasteiger partial charge in [-0.25, -0.2) is 4.98 Å². The maximum Gasteiger partial charge on any atom is 0.265 e. The minimum atomic E-state index is -0.121. The Bertz CT molecular complexity index is 1060. The van der Waals surface area contributed by atoms with Crippen LogP contribution in [-0.2, 0) is 0 Å². The predicted molar refractivity (Wildman–Crippen MR) is 115 cm³/mol. The number of carbonyl (C=O) groups is 1. The molecule has 3 aromatic rings. The highest BCUT2D eigenvalue weighted by molar-refractivity contribution is 5.94. The van der Waals surface area contributed by atoms with Crippen LogP contribution >= 0.6 is 0 Å². The van der Waals surface area contributed by atoms with E-state index in [0.29, 0.717) is 28.2 Å². The quantitative estimate of drug-likeness (QED) is 0.744. The van der Waals surface area contributed by atoms with Gasteiger partial charge in [0.05, 0.1) is 16.6 Å². The van der Waals surface area contributed by atoms with Gasteiger partial charge in [-0.15, -0.1) is 0 Å². The van der Waals surface area contributed by atoms with Crippen molar-refractivity contribution in [3.63, 3.8) is 0 Å². The van der Waals surface area contributed by atoms with Gasteiger partial charge in [-0.1, -0.05) is 12.1 Å². The number of hydrogen-bond donors (Lipinski definition) is 1. The Morgan fingerprint density at radius 2 is 1.76 bits per heavy atom. The fraction of sp³-hybridized carbons (Fsp3) is 0.348. The van der Waals surface area contributed by atoms with E-state index in [1.165, 1.54) is 10.9 Å². The van der Waals surface area contributed by atoms with Crippen LogP contribution in [0.25, 0.3) is 16.6 Å². The van der Waals surface area contributed by atoms with E-state index in [1.807, 2.05) is 18.2 Å². The summed E-state index contributed by atoms with van der Waals surface area (Å²) in [6.07, 6.45) is 3.47. The Hall–Kier alpha value is -2.99. The number of benzene rings is 2. The first-order valence-corrected chi connectivity index (χ1v) is 10.1. The molecule has 1 saturated heterocycles. The number of nitrogens with zero attached hydrogens (tertiary/aromatic N) is 3. The van der Waals surface area contributed by atoms with Gasteiger partial charge in [0.15, 0.2) is 0 Å². The highest BCUT2D eigenvalue weighted by Gasteiger charge is 2.22. The predicted octanol–water partition coefficient (Wildman–Crippen LogP) is 2.99. The summed E-state index contributed by atoms with van der Waals surface area (Å²) in [6, 6.07) is 15.1. The molecule has 1 aliphatic rings. The van der Waals surface area contributed by atoms with Crippen LogP contribution in [0.1, 0.15) is 37.0 Å². The van der Waals surface area contributed by atoms with Crippen molar-refractivity contribution >= 4 is 16.8 Å². The molecule has 0 bridgehead atoms. The molecule has 1 aromatic heterocycles. The van der Waals surface area contributed by atoms with E-state index in [-0.39, 0.29) is 17.5 Å². The highest BCUT2D eigenvalue weighted by atomic mass is 16.1. The lowest BCUT2D eigenvalue weighted by Gasteiger charge is -2.34. The van der Waals surface area contributed by atoms with Crippen LogP contribution < -0.4 is 10.9 Å². The highest BCUT2D eigenvalue weighted by Crippen LogP contribution is 2.15. The number of amides is 1. The molecule has 0 radical (unpaired) electrons. The number of fused-ring (bicyclic) bond motifs is 1. The van der Waals surface area contributed by atoms with E-state index < -0.39 is 0 Å². The third-order valence-electron chi connectivity index (χ3n) is 5.67. The van der Waals surface area contributed by atoms with E-state index in [4.69, 9.17) is 0 Å². The molecule has 6 heteroatoms. The zero-order valence-electron chi connectivity index (χ0n) is 16.8. The standard InChI is InChI=1S/C23H26N4O2/c1-16(2)26-13-11-18(12-14-26)25-22(28)17-7-9-19(10-8-17)27-15-24-21-6-4-3-5-20(21)23(27)29/h3-10,15-16,18H,11-14H2,1-2H3,(H,25,28). The van der Waals surface area contributed by atoms with E-state index in [9.17, 15) is 9.59 Å². The van der Waals surface area contributed by atoms with Crippen molar-refractivity contribution in [3.05, 3.63) is 70.8 Å². The molecule has 1 N–H and O–H groups in total. The van der Waals surface area contributed by atoms with Crippen molar-refractivity contribution in [1.82, 2.24) is 19.8 Å². The Balaban J connectivity index is 1.46. The summed E-state index contributed by atoms with van der Waals surface area (Å²) in [5.74, 6) is -0.0662. The van der Waals surface area contributed by atoms with Crippen LogP contribution in [0.4, 0.5) is 0 Å². The fourth-order valence-corrected chi connectivity index (χ4v) is 3.86. The first kappa shape index (κ1) is 19.3. The van der Waals surface area contributed by atoms with Gasteiger partial charge in [-0.3, -0.25) is 14.2 Å². The minimum absolute atomic E-state index is 0.0662. The van der Waals surface area contributed by atoms with Crippen molar-refractivity contribution in [2.24, 2.45) is 0 Å². The number of piperidine rings is 1. The molecular weight excluding hydrogens is 364 g/mol. The molecule has 0 unspecified atom stereocenters. The molecule has 0 spiro atoms. The summed E-state index contributed by atoms with van der Waals surface area (Å²) < 4.78 is 1.51. The number of nitrogens with one attached hydrogen (secondary N) is 1. The number of hydrogen-bond acceptors (Lipinski definition) is 4. The maximum atomic E-state index is 12.7. The molecule has 1 fully saturated rings. The van der Waals surface area contributed by atoms with Crippen LogP contribution in [0.15, 0.2) is 59.7 Å². The first-order valence-electron chi connectivity index (χ1n) is 10.1. The summed E-state index contributed by atoms with van der Waals surface area (Å²) in [4.78, 5) is 32.1. The number of aromatic nitrogens is 2. The summed E-state index contributed by atoms with van der Waals surface area (Å²) >= 11 is 0. The smallest absolute Gasteiger partial charge is 0.265 e. The Morgan fingerprint density at radius 3 is 2.45 bits per heavy atom. The summed E-state index contributed by atoms with van der Waals surface area (Å²) in [6.45, 7) is 6.44. The van der Waals surface area contributed by atoms with E-state index in [2.05, 4.69) is 29.0 Å². The Labute approximate surface area is 170 Å². The van der Waals surface area contributed by atoms with Crippen LogP contribution in [0.5, 0.6) is 0 Å². The van der Waals surface area contributed by atoms with Gasteiger partial charge in [0.1, 0.15) is 6.33 Å². The molecule has 4 rings (SSSR count). The zero-order valence-corrected chi connectivity index (χ0v) is 16.8. The molecule has 6 nitrogen and oxygen atoms in total. The summed E-state index contributed by atoms with van der Waals surface area (Å²) in [5, 5.41) is 3.72. The van der Waals surface area contributed by atoms with Gasteiger partial charge in [0, 0.05) is 30.7 Å². The summed E-state index contributed by atoms with van der Waals surface area (Å²) in [7, 11) is 0. The van der Waals surface area contributed by atoms with Crippen LogP contribution in [0, 0.1) is 0 Å². The maximum absolute atomic E-state index is 12.7. The molecule has 1 aliphatic heterocycles. The number of likely N-dealkylation sites (tertiary alicyclic amines) is 1. The topological polar surface area (TPSA) is 67.2 Å². The van der Waals surface area contributed by atoms with Gasteiger partial charge in [-0.2, -0.15) is 0 Å². The Kier molecular flexibility index (Phi) is 5.45. The van der Waals surface area contributed by atoms with Crippen molar-refractivity contribution in [1.29, 1.82) is 0 Å². The lowest BCUT2D eigenvalue weighted by molar-refractivity contribution is 0.0900. The second-order valence-corrected chi connectivity index (χ2v) is 7.86. The van der Waals surface area contributed by atoms with Crippen LogP contribution in [0.3, 0.4) is 0 Å². The SMILES string of the molecule is CC(C)N1CCC(NC(=O)c2ccc(-n3cnc4ccccc4c3=O)cc2)CC1. The van der Waals surface area contributed by atoms with Crippen molar-refractivity contribution in [2.75, 3.05) is 13.1 Å². The molecule has 0 atom stereocenters. The van der Waals surface area contributed by atoms with Gasteiger partial charge in [0.2, 0.25) is 0 Å². The van der Waals surface area contributed by atoms with Crippen molar-refractivity contribution in [2.45, 2.75) is 38.8 Å². The molecule has 2 aromatic carbocycles. The van der Waals surface area contributed by atoms with E-state index >= 15 is 0 Å². The molecule has 2 heterocycles. The third kappa shape index (κ3) is 4.07. The van der Waals surface area contributed by atoms with Gasteiger partial charge in [-0.05, 0) is 63.1 Å². The van der Waals surface area contributed by atoms with E-state index in [1.54, 1.807) is 30.3 Å². The average Bonchev–Trinajstić information content (AvgIpc) is 2.75. The largest absolute Gasteiger partial charge is 0.349 e. The van der Waals surface area contributed by atoms with Crippen molar-refractivity contribution < 1.29 is 4.79 Å². The fourth-order valence-electron chi connectivity index (χ4n) is 3.86. The van der Waals surface area contributed by atoms with Crippen LogP contribution in [0.2, 0.25) is 0 Å². The van der Waals surface area contributed by atoms with Gasteiger partial charge < -0.3 is 10.2 Å². The summed E-state index contributed by atoms with van der Waals surface area (Å²) in [5.41, 5.74) is 1.84. The molecule has 0 aliphatic carbocycles. The van der Waals surface area contributed by atoms with E-state index in [0.717, 1.165) is 25.9 Å². The Morgan fingerprint density at radius 1 is 1.07 bits per heavy atom. The molecule has 0 saturated carbocycles. The second-order valence-electron chi connectivity index (χ2n) is 7.86. The first-order chi connectivity index (χ1) is 14.0. The normalized spacial score (nSPS) is 15.7. The average molecular weight is 390 g/mol. The lowest BCUT2D eigenvalue weighted by atomic mass is 10.0. The molecule has 150 valence electrons. The van der Waals surface area contributed by atoms with Crippen molar-refractivity contribution in [3.8, 4) is 5.69 Å². The molecule has 1 amide bonds. The minimum Gasteiger partial charge on any atom is -0.349 e. The second kappa shape index (κ2) is 8.17. The van der Waals surface area contributed by atoms with Crippen LogP contribution in [-0.4, -0.2) is 45.5 Å². The lowest BCUT2D eigenvalue weighted by Crippen LogP contribution is -2.46. The van der Waals surface area contributed by atoms with Gasteiger partial charge >= 0.3 is 0 Å². The third-order valence-corrected chi connectivity index (χ3v) is 5.67. The molecular formula is C23H26N4O2. The number of para-hydroxylation sites is 1.